The fourth-order valence-electron chi connectivity index (χ4n) is 2.13. The maximum Gasteiger partial charge on any atom is 0.211 e. The lowest BCUT2D eigenvalue weighted by molar-refractivity contribution is 0.105. The minimum atomic E-state index is -3.11. The first-order valence-corrected chi connectivity index (χ1v) is 8.97. The summed E-state index contributed by atoms with van der Waals surface area (Å²) >= 11 is 0. The van der Waals surface area contributed by atoms with Crippen LogP contribution >= 0.6 is 0 Å². The van der Waals surface area contributed by atoms with Crippen molar-refractivity contribution in [1.29, 1.82) is 0 Å². The number of nitrogens with one attached hydrogen (secondary N) is 2. The SMILES string of the molecule is CC(C)NCCCCS(=O)(=O)NCCC1CCCO1. The van der Waals surface area contributed by atoms with E-state index < -0.39 is 10.0 Å². The van der Waals surface area contributed by atoms with Gasteiger partial charge in [-0.15, -0.1) is 0 Å². The third-order valence-corrected chi connectivity index (χ3v) is 4.67. The van der Waals surface area contributed by atoms with Crippen LogP contribution in [0.25, 0.3) is 0 Å². The van der Waals surface area contributed by atoms with Gasteiger partial charge in [0.1, 0.15) is 0 Å². The van der Waals surface area contributed by atoms with E-state index in [-0.39, 0.29) is 11.9 Å². The first-order chi connectivity index (χ1) is 8.99. The molecule has 1 aliphatic rings. The minimum absolute atomic E-state index is 0.221. The molecule has 5 nitrogen and oxygen atoms in total. The highest BCUT2D eigenvalue weighted by atomic mass is 32.2. The van der Waals surface area contributed by atoms with Gasteiger partial charge in [0, 0.05) is 19.2 Å². The monoisotopic (exact) mass is 292 g/mol. The van der Waals surface area contributed by atoms with Gasteiger partial charge in [-0.05, 0) is 38.6 Å². The molecule has 1 aliphatic heterocycles. The second-order valence-corrected chi connectivity index (χ2v) is 7.38. The molecule has 1 rings (SSSR count). The molecular formula is C13H28N2O3S. The number of hydrogen-bond acceptors (Lipinski definition) is 4. The fourth-order valence-corrected chi connectivity index (χ4v) is 3.28. The summed E-state index contributed by atoms with van der Waals surface area (Å²) in [7, 11) is -3.11. The summed E-state index contributed by atoms with van der Waals surface area (Å²) in [5.41, 5.74) is 0. The van der Waals surface area contributed by atoms with Gasteiger partial charge < -0.3 is 10.1 Å². The Bertz CT molecular complexity index is 325. The van der Waals surface area contributed by atoms with Gasteiger partial charge in [-0.1, -0.05) is 13.8 Å². The maximum absolute atomic E-state index is 11.7. The lowest BCUT2D eigenvalue weighted by Gasteiger charge is -2.11. The van der Waals surface area contributed by atoms with Crippen LogP contribution in [0.1, 0.15) is 46.0 Å². The summed E-state index contributed by atoms with van der Waals surface area (Å²) in [6.07, 6.45) is 4.79. The molecule has 0 saturated carbocycles. The first kappa shape index (κ1) is 16.9. The Morgan fingerprint density at radius 1 is 1.26 bits per heavy atom. The van der Waals surface area contributed by atoms with Crippen LogP contribution in [0.5, 0.6) is 0 Å². The van der Waals surface area contributed by atoms with Gasteiger partial charge in [-0.25, -0.2) is 13.1 Å². The summed E-state index contributed by atoms with van der Waals surface area (Å²) < 4.78 is 31.6. The van der Waals surface area contributed by atoms with E-state index in [9.17, 15) is 8.42 Å². The third-order valence-electron chi connectivity index (χ3n) is 3.20. The topological polar surface area (TPSA) is 67.4 Å². The standard InChI is InChI=1S/C13H28N2O3S/c1-12(2)14-8-3-4-11-19(16,17)15-9-7-13-6-5-10-18-13/h12-15H,3-11H2,1-2H3. The molecule has 0 bridgehead atoms. The predicted octanol–water partition coefficient (Wildman–Crippen LogP) is 1.25. The Labute approximate surface area is 117 Å². The van der Waals surface area contributed by atoms with E-state index in [2.05, 4.69) is 23.9 Å². The van der Waals surface area contributed by atoms with Crippen molar-refractivity contribution < 1.29 is 13.2 Å². The molecule has 19 heavy (non-hydrogen) atoms. The average molecular weight is 292 g/mol. The molecule has 6 heteroatoms. The van der Waals surface area contributed by atoms with Gasteiger partial charge in [-0.2, -0.15) is 0 Å². The van der Waals surface area contributed by atoms with Crippen molar-refractivity contribution in [3.05, 3.63) is 0 Å². The van der Waals surface area contributed by atoms with Crippen molar-refractivity contribution >= 4 is 10.0 Å². The second kappa shape index (κ2) is 8.89. The number of hydrogen-bond donors (Lipinski definition) is 2. The van der Waals surface area contributed by atoms with E-state index >= 15 is 0 Å². The number of unbranched alkanes of at least 4 members (excludes halogenated alkanes) is 1. The van der Waals surface area contributed by atoms with Gasteiger partial charge in [0.2, 0.25) is 10.0 Å². The molecule has 0 spiro atoms. The number of sulfonamides is 1. The molecule has 2 N–H and O–H groups in total. The van der Waals surface area contributed by atoms with Gasteiger partial charge in [-0.3, -0.25) is 0 Å². The summed E-state index contributed by atoms with van der Waals surface area (Å²) in [5, 5.41) is 3.28. The summed E-state index contributed by atoms with van der Waals surface area (Å²) in [4.78, 5) is 0. The van der Waals surface area contributed by atoms with Gasteiger partial charge in [0.25, 0.3) is 0 Å². The number of rotatable bonds is 10. The smallest absolute Gasteiger partial charge is 0.211 e. The van der Waals surface area contributed by atoms with E-state index in [0.29, 0.717) is 19.0 Å². The summed E-state index contributed by atoms with van der Waals surface area (Å²) in [6.45, 7) is 6.37. The van der Waals surface area contributed by atoms with Crippen LogP contribution in [-0.2, 0) is 14.8 Å². The molecule has 0 amide bonds. The van der Waals surface area contributed by atoms with E-state index in [1.165, 1.54) is 0 Å². The molecule has 0 aromatic rings. The van der Waals surface area contributed by atoms with Gasteiger partial charge in [0.15, 0.2) is 0 Å². The fraction of sp³-hybridized carbons (Fsp3) is 1.00. The predicted molar refractivity (Wildman–Crippen MR) is 77.8 cm³/mol. The first-order valence-electron chi connectivity index (χ1n) is 7.32. The van der Waals surface area contributed by atoms with E-state index in [4.69, 9.17) is 4.74 Å². The van der Waals surface area contributed by atoms with E-state index in [1.54, 1.807) is 0 Å². The average Bonchev–Trinajstić information content (AvgIpc) is 2.80. The zero-order valence-corrected chi connectivity index (χ0v) is 13.0. The van der Waals surface area contributed by atoms with Gasteiger partial charge >= 0.3 is 0 Å². The van der Waals surface area contributed by atoms with Crippen molar-refractivity contribution in [2.45, 2.75) is 58.1 Å². The largest absolute Gasteiger partial charge is 0.378 e. The molecule has 114 valence electrons. The normalized spacial score (nSPS) is 20.3. The van der Waals surface area contributed by atoms with E-state index in [0.717, 1.165) is 38.8 Å². The van der Waals surface area contributed by atoms with E-state index in [1.807, 2.05) is 0 Å². The second-order valence-electron chi connectivity index (χ2n) is 5.45. The molecule has 0 aliphatic carbocycles. The van der Waals surface area contributed by atoms with Crippen molar-refractivity contribution in [1.82, 2.24) is 10.0 Å². The van der Waals surface area contributed by atoms with Crippen LogP contribution in [0.4, 0.5) is 0 Å². The van der Waals surface area contributed by atoms with Crippen molar-refractivity contribution in [2.24, 2.45) is 0 Å². The van der Waals surface area contributed by atoms with Gasteiger partial charge in [0.05, 0.1) is 11.9 Å². The van der Waals surface area contributed by atoms with Crippen LogP contribution in [0.2, 0.25) is 0 Å². The van der Waals surface area contributed by atoms with Crippen LogP contribution < -0.4 is 10.0 Å². The Kier molecular flexibility index (Phi) is 7.90. The highest BCUT2D eigenvalue weighted by molar-refractivity contribution is 7.89. The molecule has 1 unspecified atom stereocenters. The zero-order chi connectivity index (χ0) is 14.1. The number of ether oxygens (including phenoxy) is 1. The molecule has 1 atom stereocenters. The molecule has 1 saturated heterocycles. The molecular weight excluding hydrogens is 264 g/mol. The quantitative estimate of drug-likeness (QED) is 0.595. The molecule has 1 fully saturated rings. The van der Waals surface area contributed by atoms with Crippen molar-refractivity contribution in [3.8, 4) is 0 Å². The Morgan fingerprint density at radius 2 is 2.05 bits per heavy atom. The summed E-state index contributed by atoms with van der Waals surface area (Å²) in [6, 6.07) is 0.459. The molecule has 0 aromatic carbocycles. The molecule has 0 radical (unpaired) electrons. The zero-order valence-electron chi connectivity index (χ0n) is 12.2. The third kappa shape index (κ3) is 8.57. The lowest BCUT2D eigenvalue weighted by Crippen LogP contribution is -2.30. The van der Waals surface area contributed by atoms with Crippen molar-refractivity contribution in [3.63, 3.8) is 0 Å². The maximum atomic E-state index is 11.7. The van der Waals surface area contributed by atoms with Crippen LogP contribution in [0, 0.1) is 0 Å². The highest BCUT2D eigenvalue weighted by Gasteiger charge is 2.16. The Balaban J connectivity index is 2.03. The molecule has 0 aromatic heterocycles. The molecule has 1 heterocycles. The Morgan fingerprint density at radius 3 is 2.68 bits per heavy atom. The van der Waals surface area contributed by atoms with Crippen LogP contribution in [0.3, 0.4) is 0 Å². The van der Waals surface area contributed by atoms with Crippen LogP contribution in [0.15, 0.2) is 0 Å². The van der Waals surface area contributed by atoms with Crippen LogP contribution in [-0.4, -0.2) is 46.0 Å². The van der Waals surface area contributed by atoms with Crippen molar-refractivity contribution in [2.75, 3.05) is 25.4 Å². The highest BCUT2D eigenvalue weighted by Crippen LogP contribution is 2.14. The lowest BCUT2D eigenvalue weighted by atomic mass is 10.2. The summed E-state index contributed by atoms with van der Waals surface area (Å²) in [5.74, 6) is 0.221. The Hall–Kier alpha value is -0.170. The minimum Gasteiger partial charge on any atom is -0.378 e.